The molecule has 1 aromatic carbocycles. The maximum Gasteiger partial charge on any atom is 0.214 e. The fourth-order valence-electron chi connectivity index (χ4n) is 2.26. The Bertz CT molecular complexity index is 998. The van der Waals surface area contributed by atoms with Crippen LogP contribution in [0.25, 0.3) is 11.3 Å². The number of pyridine rings is 1. The summed E-state index contributed by atoms with van der Waals surface area (Å²) >= 11 is 13.9. The summed E-state index contributed by atoms with van der Waals surface area (Å²) in [6.07, 6.45) is 1.74. The van der Waals surface area contributed by atoms with Crippen LogP contribution in [0.4, 0.5) is 0 Å². The summed E-state index contributed by atoms with van der Waals surface area (Å²) in [4.78, 5) is 4.53. The number of hydrogen-bond donors (Lipinski definition) is 0. The van der Waals surface area contributed by atoms with Crippen LogP contribution in [-0.4, -0.2) is 29.6 Å². The summed E-state index contributed by atoms with van der Waals surface area (Å²) in [7, 11) is 0. The van der Waals surface area contributed by atoms with Crippen molar-refractivity contribution in [3.05, 3.63) is 64.5 Å². The number of para-hydroxylation sites is 1. The van der Waals surface area contributed by atoms with Crippen molar-refractivity contribution in [3.8, 4) is 5.69 Å². The van der Waals surface area contributed by atoms with Crippen LogP contribution in [0.2, 0.25) is 10.2 Å². The van der Waals surface area contributed by atoms with Crippen LogP contribution in [0.5, 0.6) is 0 Å². The summed E-state index contributed by atoms with van der Waals surface area (Å²) in [6.45, 7) is 0. The molecule has 120 valence electrons. The summed E-state index contributed by atoms with van der Waals surface area (Å²) in [5, 5.41) is 13.7. The van der Waals surface area contributed by atoms with E-state index in [1.807, 2.05) is 36.4 Å². The van der Waals surface area contributed by atoms with Crippen LogP contribution < -0.4 is 0 Å². The average Bonchev–Trinajstić information content (AvgIpc) is 3.19. The smallest absolute Gasteiger partial charge is 0.214 e. The summed E-state index contributed by atoms with van der Waals surface area (Å²) in [5.74, 6) is 0.547. The molecule has 0 N–H and O–H groups in total. The summed E-state index contributed by atoms with van der Waals surface area (Å²) in [5.41, 5.74) is 2.41. The molecule has 0 aliphatic heterocycles. The Kier molecular flexibility index (Phi) is 4.13. The lowest BCUT2D eigenvalue weighted by atomic mass is 10.3. The zero-order valence-corrected chi connectivity index (χ0v) is 14.5. The minimum atomic E-state index is 0.540. The van der Waals surface area contributed by atoms with Gasteiger partial charge in [-0.3, -0.25) is 4.40 Å². The largest absolute Gasteiger partial charge is 0.289 e. The molecule has 0 saturated carbocycles. The van der Waals surface area contributed by atoms with Crippen molar-refractivity contribution in [1.82, 2.24) is 29.6 Å². The van der Waals surface area contributed by atoms with Crippen molar-refractivity contribution in [2.75, 3.05) is 0 Å². The highest BCUT2D eigenvalue weighted by Crippen LogP contribution is 2.27. The standard InChI is InChI=1S/C15H10Cl2N6S/c16-10-6-7-13-18-12(14(17)22(13)8-10)9-24-15-19-20-21-23(15)11-4-2-1-3-5-11/h1-8H,9H2. The van der Waals surface area contributed by atoms with Gasteiger partial charge < -0.3 is 0 Å². The van der Waals surface area contributed by atoms with Gasteiger partial charge in [-0.25, -0.2) is 4.98 Å². The normalized spacial score (nSPS) is 11.2. The number of fused-ring (bicyclic) bond motifs is 1. The SMILES string of the molecule is Clc1ccc2nc(CSc3nnnn3-c3ccccc3)c(Cl)n2c1. The number of halogens is 2. The fraction of sp³-hybridized carbons (Fsp3) is 0.0667. The fourth-order valence-corrected chi connectivity index (χ4v) is 3.57. The van der Waals surface area contributed by atoms with E-state index in [9.17, 15) is 0 Å². The van der Waals surface area contributed by atoms with Gasteiger partial charge in [0.15, 0.2) is 0 Å². The maximum absolute atomic E-state index is 6.40. The minimum Gasteiger partial charge on any atom is -0.289 e. The molecule has 0 radical (unpaired) electrons. The molecule has 4 rings (SSSR count). The van der Waals surface area contributed by atoms with Gasteiger partial charge in [0.1, 0.15) is 10.8 Å². The Morgan fingerprint density at radius 2 is 1.88 bits per heavy atom. The number of imidazole rings is 1. The number of hydrogen-bond acceptors (Lipinski definition) is 5. The molecule has 0 unspecified atom stereocenters. The van der Waals surface area contributed by atoms with Gasteiger partial charge in [-0.05, 0) is 34.7 Å². The third-order valence-electron chi connectivity index (χ3n) is 3.37. The highest BCUT2D eigenvalue weighted by Gasteiger charge is 2.14. The van der Waals surface area contributed by atoms with E-state index in [0.29, 0.717) is 21.1 Å². The van der Waals surface area contributed by atoms with E-state index in [-0.39, 0.29) is 0 Å². The van der Waals surface area contributed by atoms with E-state index in [1.165, 1.54) is 11.8 Å². The Morgan fingerprint density at radius 3 is 2.71 bits per heavy atom. The summed E-state index contributed by atoms with van der Waals surface area (Å²) in [6, 6.07) is 13.3. The van der Waals surface area contributed by atoms with Crippen LogP contribution in [0.1, 0.15) is 5.69 Å². The van der Waals surface area contributed by atoms with E-state index in [2.05, 4.69) is 20.5 Å². The molecule has 0 atom stereocenters. The van der Waals surface area contributed by atoms with Gasteiger partial charge in [-0.1, -0.05) is 53.2 Å². The second-order valence-electron chi connectivity index (χ2n) is 4.92. The molecule has 0 bridgehead atoms. The number of tetrazole rings is 1. The Morgan fingerprint density at radius 1 is 1.04 bits per heavy atom. The van der Waals surface area contributed by atoms with Crippen LogP contribution in [0, 0.1) is 0 Å². The molecule has 4 aromatic rings. The number of aromatic nitrogens is 6. The Hall–Kier alpha value is -2.09. The Balaban J connectivity index is 1.60. The molecule has 24 heavy (non-hydrogen) atoms. The van der Waals surface area contributed by atoms with Gasteiger partial charge in [0.2, 0.25) is 5.16 Å². The maximum atomic E-state index is 6.40. The lowest BCUT2D eigenvalue weighted by molar-refractivity contribution is 0.756. The highest BCUT2D eigenvalue weighted by atomic mass is 35.5. The van der Waals surface area contributed by atoms with E-state index in [0.717, 1.165) is 17.0 Å². The van der Waals surface area contributed by atoms with Crippen molar-refractivity contribution in [2.45, 2.75) is 10.9 Å². The molecule has 0 amide bonds. The number of benzene rings is 1. The first kappa shape index (κ1) is 15.4. The van der Waals surface area contributed by atoms with Crippen LogP contribution >= 0.6 is 35.0 Å². The molecular weight excluding hydrogens is 367 g/mol. The predicted molar refractivity (Wildman–Crippen MR) is 93.9 cm³/mol. The second-order valence-corrected chi connectivity index (χ2v) is 6.66. The first-order valence-corrected chi connectivity index (χ1v) is 8.75. The van der Waals surface area contributed by atoms with Gasteiger partial charge in [0.25, 0.3) is 0 Å². The second kappa shape index (κ2) is 6.43. The molecule has 0 spiro atoms. The monoisotopic (exact) mass is 376 g/mol. The predicted octanol–water partition coefficient (Wildman–Crippen LogP) is 3.91. The average molecular weight is 377 g/mol. The lowest BCUT2D eigenvalue weighted by Crippen LogP contribution is -1.98. The van der Waals surface area contributed by atoms with E-state index in [4.69, 9.17) is 23.2 Å². The van der Waals surface area contributed by atoms with Crippen molar-refractivity contribution >= 4 is 40.6 Å². The first-order valence-electron chi connectivity index (χ1n) is 7.01. The molecule has 3 heterocycles. The third-order valence-corrected chi connectivity index (χ3v) is 4.92. The molecule has 0 saturated heterocycles. The molecule has 0 aliphatic rings. The van der Waals surface area contributed by atoms with Crippen molar-refractivity contribution in [2.24, 2.45) is 0 Å². The van der Waals surface area contributed by atoms with Crippen molar-refractivity contribution in [1.29, 1.82) is 0 Å². The van der Waals surface area contributed by atoms with Crippen molar-refractivity contribution in [3.63, 3.8) is 0 Å². The lowest BCUT2D eigenvalue weighted by Gasteiger charge is -2.03. The molecular formula is C15H10Cl2N6S. The van der Waals surface area contributed by atoms with Gasteiger partial charge in [-0.15, -0.1) is 5.10 Å². The third kappa shape index (κ3) is 2.86. The Labute approximate surface area is 151 Å². The van der Waals surface area contributed by atoms with Gasteiger partial charge in [-0.2, -0.15) is 4.68 Å². The minimum absolute atomic E-state index is 0.540. The molecule has 9 heteroatoms. The molecule has 6 nitrogen and oxygen atoms in total. The zero-order chi connectivity index (χ0) is 16.5. The van der Waals surface area contributed by atoms with Gasteiger partial charge in [0.05, 0.1) is 16.4 Å². The highest BCUT2D eigenvalue weighted by molar-refractivity contribution is 7.98. The molecule has 3 aromatic heterocycles. The number of rotatable bonds is 4. The molecule has 0 fully saturated rings. The number of nitrogens with zero attached hydrogens (tertiary/aromatic N) is 6. The first-order chi connectivity index (χ1) is 11.7. The van der Waals surface area contributed by atoms with Gasteiger partial charge >= 0.3 is 0 Å². The quantitative estimate of drug-likeness (QED) is 0.505. The summed E-state index contributed by atoms with van der Waals surface area (Å²) < 4.78 is 3.45. The molecule has 0 aliphatic carbocycles. The van der Waals surface area contributed by atoms with Crippen molar-refractivity contribution < 1.29 is 0 Å². The zero-order valence-electron chi connectivity index (χ0n) is 12.2. The van der Waals surface area contributed by atoms with Crippen LogP contribution in [0.3, 0.4) is 0 Å². The van der Waals surface area contributed by atoms with E-state index in [1.54, 1.807) is 21.3 Å². The van der Waals surface area contributed by atoms with Gasteiger partial charge in [0, 0.05) is 11.9 Å². The van der Waals surface area contributed by atoms with Crippen LogP contribution in [0.15, 0.2) is 53.8 Å². The number of thioether (sulfide) groups is 1. The van der Waals surface area contributed by atoms with E-state index < -0.39 is 0 Å². The van der Waals surface area contributed by atoms with E-state index >= 15 is 0 Å². The topological polar surface area (TPSA) is 60.9 Å². The van der Waals surface area contributed by atoms with Crippen LogP contribution in [-0.2, 0) is 5.75 Å².